The number of hydrazine groups is 1. The zero-order chi connectivity index (χ0) is 35.2. The Labute approximate surface area is 267 Å². The number of hydrogen-bond acceptors (Lipinski definition) is 11. The van der Waals surface area contributed by atoms with Gasteiger partial charge in [0.25, 0.3) is 0 Å². The number of rotatable bonds is 12. The van der Waals surface area contributed by atoms with Crippen LogP contribution in [0.15, 0.2) is 30.5 Å². The third-order valence-electron chi connectivity index (χ3n) is 5.09. The summed E-state index contributed by atoms with van der Waals surface area (Å²) in [5.41, 5.74) is 11.3. The van der Waals surface area contributed by atoms with Gasteiger partial charge in [0.2, 0.25) is 11.8 Å². The van der Waals surface area contributed by atoms with Crippen molar-refractivity contribution in [2.24, 2.45) is 17.3 Å². The summed E-state index contributed by atoms with van der Waals surface area (Å²) >= 11 is 0. The Kier molecular flexibility index (Phi) is 16.3. The lowest BCUT2D eigenvalue weighted by molar-refractivity contribution is -0.160. The number of primary amides is 1. The van der Waals surface area contributed by atoms with Crippen molar-refractivity contribution in [1.82, 2.24) is 10.3 Å². The van der Waals surface area contributed by atoms with Crippen molar-refractivity contribution in [2.75, 3.05) is 6.54 Å². The molecule has 1 unspecified atom stereocenters. The van der Waals surface area contributed by atoms with Crippen molar-refractivity contribution in [3.8, 4) is 0 Å². The number of benzene rings is 1. The van der Waals surface area contributed by atoms with E-state index >= 15 is 0 Å². The molecule has 1 aromatic carbocycles. The van der Waals surface area contributed by atoms with Crippen LogP contribution in [-0.4, -0.2) is 64.1 Å². The highest BCUT2D eigenvalue weighted by atomic mass is 16.6. The molecular formula is C32H53N5O8. The van der Waals surface area contributed by atoms with Crippen molar-refractivity contribution >= 4 is 35.4 Å². The molecule has 13 nitrogen and oxygen atoms in total. The first-order valence-electron chi connectivity index (χ1n) is 14.7. The van der Waals surface area contributed by atoms with Crippen LogP contribution in [0.5, 0.6) is 0 Å². The third kappa shape index (κ3) is 22.1. The molecule has 254 valence electrons. The Morgan fingerprint density at radius 1 is 0.778 bits per heavy atom. The summed E-state index contributed by atoms with van der Waals surface area (Å²) in [6, 6.07) is 6.65. The molecular weight excluding hydrogens is 582 g/mol. The van der Waals surface area contributed by atoms with E-state index in [4.69, 9.17) is 31.5 Å². The molecule has 0 heterocycles. The fraction of sp³-hybridized carbons (Fsp3) is 0.594. The number of amides is 2. The van der Waals surface area contributed by atoms with E-state index in [0.29, 0.717) is 5.70 Å². The lowest BCUT2D eigenvalue weighted by Crippen LogP contribution is -2.44. The van der Waals surface area contributed by atoms with Crippen molar-refractivity contribution < 1.29 is 38.2 Å². The minimum atomic E-state index is -1.02. The van der Waals surface area contributed by atoms with Crippen LogP contribution in [0.2, 0.25) is 0 Å². The Balaban J connectivity index is 0.00000101. The molecule has 0 saturated heterocycles. The van der Waals surface area contributed by atoms with Crippen LogP contribution < -0.4 is 22.6 Å². The monoisotopic (exact) mass is 635 g/mol. The molecule has 0 radical (unpaired) electrons. The zero-order valence-electron chi connectivity index (χ0n) is 28.4. The molecule has 0 fully saturated rings. The Morgan fingerprint density at radius 2 is 1.24 bits per heavy atom. The molecule has 0 aromatic heterocycles. The predicted octanol–water partition coefficient (Wildman–Crippen LogP) is 2.97. The van der Waals surface area contributed by atoms with Crippen molar-refractivity contribution in [3.05, 3.63) is 41.6 Å². The summed E-state index contributed by atoms with van der Waals surface area (Å²) in [5.74, 6) is 2.88. The first-order chi connectivity index (χ1) is 20.4. The molecule has 0 aliphatic carbocycles. The molecule has 1 rings (SSSR count). The Morgan fingerprint density at radius 3 is 1.69 bits per heavy atom. The van der Waals surface area contributed by atoms with Crippen LogP contribution >= 0.6 is 0 Å². The first-order valence-corrected chi connectivity index (χ1v) is 14.7. The van der Waals surface area contributed by atoms with Crippen LogP contribution in [-0.2, 0) is 38.2 Å². The van der Waals surface area contributed by atoms with Gasteiger partial charge in [-0.15, -0.1) is 0 Å². The van der Waals surface area contributed by atoms with Crippen molar-refractivity contribution in [2.45, 2.75) is 118 Å². The fourth-order valence-electron chi connectivity index (χ4n) is 3.38. The number of nitrogens with two attached hydrogens (primary N) is 3. The quantitative estimate of drug-likeness (QED) is 0.114. The maximum Gasteiger partial charge on any atom is 0.329 e. The highest BCUT2D eigenvalue weighted by Gasteiger charge is 2.28. The van der Waals surface area contributed by atoms with Crippen molar-refractivity contribution in [3.63, 3.8) is 0 Å². The standard InChI is InChI=1S/C21H37NO7.C11H16N4O/c1-19(2,3)27-16(24)12-10-14(18(26)29-21(7,8)9)22-15(23)11-13-17(25)28-20(4,5)6;1-8-2-4-9(5-3-8)10(12)6-15(14)7-11(13)16/h14H,10-13H2,1-9H3,(H,22,23);2-6H,7,12,14H2,1H3,(H2,13,16)/b;10-6-. The SMILES string of the molecule is CC(C)(C)OC(=O)CCC(=O)NC(CCC(=O)OC(C)(C)C)C(=O)OC(C)(C)C.Cc1ccc(/C(N)=C/N(N)CC(N)=O)cc1. The topological polar surface area (TPSA) is 206 Å². The molecule has 7 N–H and O–H groups in total. The minimum Gasteiger partial charge on any atom is -0.460 e. The Hall–Kier alpha value is -4.13. The second-order valence-corrected chi connectivity index (χ2v) is 13.5. The van der Waals surface area contributed by atoms with Gasteiger partial charge < -0.3 is 36.0 Å². The van der Waals surface area contributed by atoms with E-state index in [2.05, 4.69) is 5.32 Å². The van der Waals surface area contributed by atoms with Gasteiger partial charge in [-0.05, 0) is 81.2 Å². The van der Waals surface area contributed by atoms with Crippen LogP contribution in [0.3, 0.4) is 0 Å². The number of ether oxygens (including phenoxy) is 3. The summed E-state index contributed by atoms with van der Waals surface area (Å²) in [6.07, 6.45) is 1.20. The van der Waals surface area contributed by atoms with Crippen molar-refractivity contribution in [1.29, 1.82) is 0 Å². The predicted molar refractivity (Wildman–Crippen MR) is 171 cm³/mol. The number of aryl methyl sites for hydroxylation is 1. The van der Waals surface area contributed by atoms with Crippen LogP contribution in [0.1, 0.15) is 99.1 Å². The number of nitrogens with zero attached hydrogens (tertiary/aromatic N) is 1. The van der Waals surface area contributed by atoms with Crippen LogP contribution in [0.4, 0.5) is 0 Å². The summed E-state index contributed by atoms with van der Waals surface area (Å²) in [7, 11) is 0. The van der Waals surface area contributed by atoms with Gasteiger partial charge in [0, 0.05) is 19.0 Å². The molecule has 0 saturated carbocycles. The number of carbonyl (C=O) groups excluding carboxylic acids is 5. The molecule has 1 aromatic rings. The molecule has 2 amide bonds. The minimum absolute atomic E-state index is 0.0298. The van der Waals surface area contributed by atoms with Gasteiger partial charge >= 0.3 is 17.9 Å². The fourth-order valence-corrected chi connectivity index (χ4v) is 3.38. The second kappa shape index (κ2) is 18.0. The number of hydrogen-bond donors (Lipinski definition) is 4. The van der Waals surface area contributed by atoms with Gasteiger partial charge in [-0.3, -0.25) is 19.2 Å². The van der Waals surface area contributed by atoms with Gasteiger partial charge in [0.05, 0.1) is 12.1 Å². The number of esters is 3. The molecule has 0 aliphatic heterocycles. The van der Waals surface area contributed by atoms with E-state index in [-0.39, 0.29) is 32.2 Å². The molecule has 45 heavy (non-hydrogen) atoms. The van der Waals surface area contributed by atoms with E-state index in [0.717, 1.165) is 16.1 Å². The van der Waals surface area contributed by atoms with Gasteiger partial charge in [-0.1, -0.05) is 29.8 Å². The maximum absolute atomic E-state index is 12.4. The van der Waals surface area contributed by atoms with E-state index < -0.39 is 52.6 Å². The summed E-state index contributed by atoms with van der Waals surface area (Å²) in [5, 5.41) is 3.71. The largest absolute Gasteiger partial charge is 0.460 e. The van der Waals surface area contributed by atoms with E-state index in [1.807, 2.05) is 31.2 Å². The Bertz CT molecular complexity index is 1180. The summed E-state index contributed by atoms with van der Waals surface area (Å²) in [4.78, 5) is 59.0. The molecule has 1 atom stereocenters. The van der Waals surface area contributed by atoms with E-state index in [1.165, 1.54) is 6.20 Å². The van der Waals surface area contributed by atoms with Gasteiger partial charge in [-0.25, -0.2) is 10.6 Å². The third-order valence-corrected chi connectivity index (χ3v) is 5.09. The zero-order valence-corrected chi connectivity index (χ0v) is 28.4. The van der Waals surface area contributed by atoms with E-state index in [1.54, 1.807) is 62.3 Å². The van der Waals surface area contributed by atoms with Crippen LogP contribution in [0, 0.1) is 6.92 Å². The normalized spacial score (nSPS) is 12.6. The summed E-state index contributed by atoms with van der Waals surface area (Å²) < 4.78 is 15.7. The maximum atomic E-state index is 12.4. The average molecular weight is 636 g/mol. The smallest absolute Gasteiger partial charge is 0.329 e. The lowest BCUT2D eigenvalue weighted by Gasteiger charge is -2.25. The lowest BCUT2D eigenvalue weighted by atomic mass is 10.1. The second-order valence-electron chi connectivity index (χ2n) is 13.5. The number of nitrogens with one attached hydrogen (secondary N) is 1. The van der Waals surface area contributed by atoms with Gasteiger partial charge in [0.1, 0.15) is 29.4 Å². The van der Waals surface area contributed by atoms with Gasteiger partial charge in [0.15, 0.2) is 0 Å². The molecule has 0 bridgehead atoms. The number of carbonyl (C=O) groups is 5. The average Bonchev–Trinajstić information content (AvgIpc) is 2.82. The first kappa shape index (κ1) is 40.9. The highest BCUT2D eigenvalue weighted by Crippen LogP contribution is 2.15. The van der Waals surface area contributed by atoms with Crippen LogP contribution in [0.25, 0.3) is 5.70 Å². The molecule has 13 heteroatoms. The molecule has 0 aliphatic rings. The highest BCUT2D eigenvalue weighted by molar-refractivity contribution is 5.87. The summed E-state index contributed by atoms with van der Waals surface area (Å²) in [6.45, 7) is 17.5. The van der Waals surface area contributed by atoms with Gasteiger partial charge in [-0.2, -0.15) is 0 Å². The van der Waals surface area contributed by atoms with E-state index in [9.17, 15) is 24.0 Å². The molecule has 0 spiro atoms.